The van der Waals surface area contributed by atoms with Crippen molar-refractivity contribution in [3.63, 3.8) is 0 Å². The molecule has 164 valence electrons. The fraction of sp³-hybridized carbons (Fsp3) is 0.200. The van der Waals surface area contributed by atoms with Crippen LogP contribution in [0.25, 0.3) is 11.1 Å². The van der Waals surface area contributed by atoms with E-state index in [2.05, 4.69) is 4.98 Å². The van der Waals surface area contributed by atoms with Crippen molar-refractivity contribution >= 4 is 11.3 Å². The van der Waals surface area contributed by atoms with Crippen LogP contribution in [0.2, 0.25) is 0 Å². The van der Waals surface area contributed by atoms with E-state index in [0.717, 1.165) is 40.2 Å². The highest BCUT2D eigenvalue weighted by Crippen LogP contribution is 2.31. The molecule has 7 heteroatoms. The summed E-state index contributed by atoms with van der Waals surface area (Å²) in [5.74, 6) is 1.47. The second-order valence-electron chi connectivity index (χ2n) is 7.31. The Morgan fingerprint density at radius 3 is 2.50 bits per heavy atom. The number of aromatic nitrogens is 2. The Hall–Kier alpha value is -3.58. The first-order chi connectivity index (χ1) is 15.7. The molecule has 2 heterocycles. The number of hydrogen-bond donors (Lipinski definition) is 1. The van der Waals surface area contributed by atoms with E-state index in [4.69, 9.17) is 9.47 Å². The first-order valence-electron chi connectivity index (χ1n) is 10.3. The van der Waals surface area contributed by atoms with E-state index in [-0.39, 0.29) is 23.4 Å². The highest BCUT2D eigenvalue weighted by Gasteiger charge is 2.19. The molecule has 2 aromatic carbocycles. The molecule has 32 heavy (non-hydrogen) atoms. The van der Waals surface area contributed by atoms with Gasteiger partial charge in [-0.3, -0.25) is 14.3 Å². The van der Waals surface area contributed by atoms with Gasteiger partial charge in [0, 0.05) is 18.0 Å². The normalized spacial score (nSPS) is 11.8. The zero-order valence-electron chi connectivity index (χ0n) is 17.7. The molecule has 4 rings (SSSR count). The second-order valence-corrected chi connectivity index (χ2v) is 8.13. The molecule has 0 spiro atoms. The van der Waals surface area contributed by atoms with Crippen LogP contribution in [0, 0.1) is 0 Å². The molecule has 0 aliphatic carbocycles. The maximum Gasteiger partial charge on any atom is 0.310 e. The van der Waals surface area contributed by atoms with Crippen molar-refractivity contribution in [1.29, 1.82) is 0 Å². The predicted octanol–water partition coefficient (Wildman–Crippen LogP) is 4.94. The first-order valence-corrected chi connectivity index (χ1v) is 11.2. The van der Waals surface area contributed by atoms with Gasteiger partial charge in [-0.1, -0.05) is 41.7 Å². The van der Waals surface area contributed by atoms with Crippen LogP contribution in [0.4, 0.5) is 0 Å². The number of para-hydroxylation sites is 1. The molecule has 1 N–H and O–H groups in total. The number of ether oxygens (including phenoxy) is 2. The maximum atomic E-state index is 12.3. The zero-order chi connectivity index (χ0) is 22.3. The number of pyridine rings is 1. The quantitative estimate of drug-likeness (QED) is 0.393. The van der Waals surface area contributed by atoms with Crippen LogP contribution in [-0.2, 0) is 6.42 Å². The Morgan fingerprint density at radius 2 is 1.81 bits per heavy atom. The summed E-state index contributed by atoms with van der Waals surface area (Å²) in [6, 6.07) is 19.2. The minimum absolute atomic E-state index is 0.0325. The molecule has 0 fully saturated rings. The molecular weight excluding hydrogens is 424 g/mol. The second kappa shape index (κ2) is 10.2. The van der Waals surface area contributed by atoms with E-state index < -0.39 is 0 Å². The summed E-state index contributed by atoms with van der Waals surface area (Å²) in [4.78, 5) is 16.2. The lowest BCUT2D eigenvalue weighted by atomic mass is 10.0. The number of thiazole rings is 1. The average molecular weight is 449 g/mol. The van der Waals surface area contributed by atoms with Crippen molar-refractivity contribution in [3.8, 4) is 28.5 Å². The molecule has 4 aromatic rings. The van der Waals surface area contributed by atoms with E-state index >= 15 is 0 Å². The summed E-state index contributed by atoms with van der Waals surface area (Å²) in [7, 11) is 1.66. The fourth-order valence-corrected chi connectivity index (χ4v) is 4.30. The number of aromatic hydroxyl groups is 1. The summed E-state index contributed by atoms with van der Waals surface area (Å²) in [6.07, 6.45) is 4.88. The first kappa shape index (κ1) is 21.6. The van der Waals surface area contributed by atoms with Crippen LogP contribution in [0.5, 0.6) is 17.4 Å². The Labute approximate surface area is 190 Å². The van der Waals surface area contributed by atoms with Crippen molar-refractivity contribution in [3.05, 3.63) is 93.7 Å². The standard InChI is InChI=1S/C25H24N2O4S/c1-30-23-5-3-2-4-22(23)19-7-10-21(11-8-19)31-16-20(27-24(28)17-32-25(27)29)9-6-18-12-14-26-15-13-18/h2-5,7-8,10-15,17,20,28H,6,9,16H2,1H3. The van der Waals surface area contributed by atoms with Gasteiger partial charge < -0.3 is 14.6 Å². The molecule has 6 nitrogen and oxygen atoms in total. The van der Waals surface area contributed by atoms with Gasteiger partial charge in [-0.25, -0.2) is 0 Å². The number of nitrogens with zero attached hydrogens (tertiary/aromatic N) is 2. The smallest absolute Gasteiger partial charge is 0.310 e. The number of rotatable bonds is 9. The van der Waals surface area contributed by atoms with Crippen molar-refractivity contribution in [2.75, 3.05) is 13.7 Å². The molecular formula is C25H24N2O4S. The molecule has 0 radical (unpaired) electrons. The molecule has 0 saturated carbocycles. The minimum Gasteiger partial charge on any atom is -0.496 e. The lowest BCUT2D eigenvalue weighted by Crippen LogP contribution is -2.25. The van der Waals surface area contributed by atoms with Gasteiger partial charge in [0.2, 0.25) is 5.88 Å². The third kappa shape index (κ3) is 5.00. The summed E-state index contributed by atoms with van der Waals surface area (Å²) in [6.45, 7) is 0.267. The topological polar surface area (TPSA) is 73.6 Å². The summed E-state index contributed by atoms with van der Waals surface area (Å²) in [5, 5.41) is 11.7. The summed E-state index contributed by atoms with van der Waals surface area (Å²) in [5.41, 5.74) is 3.15. The van der Waals surface area contributed by atoms with Crippen molar-refractivity contribution in [2.45, 2.75) is 18.9 Å². The largest absolute Gasteiger partial charge is 0.496 e. The van der Waals surface area contributed by atoms with E-state index in [0.29, 0.717) is 12.2 Å². The van der Waals surface area contributed by atoms with E-state index in [1.54, 1.807) is 19.5 Å². The SMILES string of the molecule is COc1ccccc1-c1ccc(OCC(CCc2ccncc2)n2c(O)csc2=O)cc1. The number of aryl methyl sites for hydroxylation is 1. The van der Waals surface area contributed by atoms with E-state index in [9.17, 15) is 9.90 Å². The summed E-state index contributed by atoms with van der Waals surface area (Å²) < 4.78 is 12.9. The maximum absolute atomic E-state index is 12.3. The number of benzene rings is 2. The van der Waals surface area contributed by atoms with Gasteiger partial charge in [0.05, 0.1) is 18.5 Å². The fourth-order valence-electron chi connectivity index (χ4n) is 3.62. The molecule has 1 unspecified atom stereocenters. The van der Waals surface area contributed by atoms with Gasteiger partial charge in [0.1, 0.15) is 18.1 Å². The van der Waals surface area contributed by atoms with E-state index in [1.165, 1.54) is 9.95 Å². The Balaban J connectivity index is 1.48. The number of hydrogen-bond acceptors (Lipinski definition) is 6. The van der Waals surface area contributed by atoms with Crippen molar-refractivity contribution in [1.82, 2.24) is 9.55 Å². The Kier molecular flexibility index (Phi) is 6.87. The van der Waals surface area contributed by atoms with Gasteiger partial charge >= 0.3 is 4.87 Å². The highest BCUT2D eigenvalue weighted by molar-refractivity contribution is 7.07. The highest BCUT2D eigenvalue weighted by atomic mass is 32.1. The van der Waals surface area contributed by atoms with Gasteiger partial charge in [-0.2, -0.15) is 0 Å². The van der Waals surface area contributed by atoms with Gasteiger partial charge in [-0.15, -0.1) is 0 Å². The van der Waals surface area contributed by atoms with E-state index in [1.807, 2.05) is 60.7 Å². The van der Waals surface area contributed by atoms with Crippen LogP contribution < -0.4 is 14.3 Å². The van der Waals surface area contributed by atoms with Gasteiger partial charge in [0.25, 0.3) is 0 Å². The average Bonchev–Trinajstić information content (AvgIpc) is 3.18. The third-order valence-corrected chi connectivity index (χ3v) is 6.03. The van der Waals surface area contributed by atoms with Crippen LogP contribution in [0.15, 0.2) is 83.2 Å². The van der Waals surface area contributed by atoms with Gasteiger partial charge in [-0.05, 0) is 54.3 Å². The van der Waals surface area contributed by atoms with Crippen LogP contribution in [0.1, 0.15) is 18.0 Å². The van der Waals surface area contributed by atoms with Gasteiger partial charge in [0.15, 0.2) is 0 Å². The Morgan fingerprint density at radius 1 is 1.06 bits per heavy atom. The molecule has 0 saturated heterocycles. The minimum atomic E-state index is -0.296. The molecule has 0 aliphatic rings. The van der Waals surface area contributed by atoms with Crippen LogP contribution in [0.3, 0.4) is 0 Å². The zero-order valence-corrected chi connectivity index (χ0v) is 18.5. The molecule has 0 bridgehead atoms. The van der Waals surface area contributed by atoms with Crippen molar-refractivity contribution < 1.29 is 14.6 Å². The lowest BCUT2D eigenvalue weighted by molar-refractivity contribution is 0.228. The monoisotopic (exact) mass is 448 g/mol. The summed E-state index contributed by atoms with van der Waals surface area (Å²) >= 11 is 0.986. The molecule has 2 aromatic heterocycles. The molecule has 0 amide bonds. The molecule has 1 atom stereocenters. The predicted molar refractivity (Wildman–Crippen MR) is 126 cm³/mol. The number of methoxy groups -OCH3 is 1. The lowest BCUT2D eigenvalue weighted by Gasteiger charge is -2.19. The third-order valence-electron chi connectivity index (χ3n) is 5.30. The van der Waals surface area contributed by atoms with Crippen LogP contribution >= 0.6 is 11.3 Å². The molecule has 0 aliphatic heterocycles. The van der Waals surface area contributed by atoms with Crippen molar-refractivity contribution in [2.24, 2.45) is 0 Å². The van der Waals surface area contributed by atoms with Crippen LogP contribution in [-0.4, -0.2) is 28.4 Å². The Bertz CT molecular complexity index is 1200.